The third-order valence-corrected chi connectivity index (χ3v) is 5.43. The second kappa shape index (κ2) is 7.71. The Hall–Kier alpha value is -3.81. The summed E-state index contributed by atoms with van der Waals surface area (Å²) in [5.41, 5.74) is 2.45. The molecule has 8 heteroatoms. The molecule has 2 aromatic heterocycles. The molecule has 0 bridgehead atoms. The normalized spacial score (nSPS) is 14.2. The van der Waals surface area contributed by atoms with E-state index in [9.17, 15) is 18.0 Å². The maximum atomic E-state index is 13.3. The fraction of sp³-hybridized carbons (Fsp3) is 0.167. The van der Waals surface area contributed by atoms with Crippen molar-refractivity contribution >= 4 is 11.6 Å². The van der Waals surface area contributed by atoms with Gasteiger partial charge in [-0.25, -0.2) is 4.98 Å². The lowest BCUT2D eigenvalue weighted by atomic mass is 10.0. The Morgan fingerprint density at radius 2 is 1.78 bits per heavy atom. The van der Waals surface area contributed by atoms with Gasteiger partial charge in [-0.2, -0.15) is 13.2 Å². The van der Waals surface area contributed by atoms with Gasteiger partial charge in [-0.05, 0) is 47.5 Å². The molecule has 4 aromatic rings. The van der Waals surface area contributed by atoms with Crippen LogP contribution in [0.2, 0.25) is 0 Å². The van der Waals surface area contributed by atoms with Crippen LogP contribution in [0, 0.1) is 0 Å². The number of carbonyl (C=O) groups excluding carboxylic acids is 1. The molecule has 0 aliphatic carbocycles. The molecule has 0 saturated heterocycles. The van der Waals surface area contributed by atoms with Crippen LogP contribution in [0.15, 0.2) is 73.1 Å². The first-order valence-electron chi connectivity index (χ1n) is 10.0. The number of nitrogens with zero attached hydrogens (tertiary/aromatic N) is 3. The molecule has 0 atom stereocenters. The van der Waals surface area contributed by atoms with Gasteiger partial charge in [-0.1, -0.05) is 24.3 Å². The summed E-state index contributed by atoms with van der Waals surface area (Å²) in [5.74, 6) is 0.256. The molecule has 1 amide bonds. The highest BCUT2D eigenvalue weighted by Gasteiger charge is 2.30. The minimum atomic E-state index is -4.39. The van der Waals surface area contributed by atoms with E-state index < -0.39 is 11.7 Å². The summed E-state index contributed by atoms with van der Waals surface area (Å²) in [5, 5.41) is 0. The van der Waals surface area contributed by atoms with Crippen molar-refractivity contribution in [2.45, 2.75) is 12.7 Å². The Bertz CT molecular complexity index is 1260. The van der Waals surface area contributed by atoms with Gasteiger partial charge in [0.25, 0.3) is 5.91 Å². The summed E-state index contributed by atoms with van der Waals surface area (Å²) in [6.45, 7) is 1.07. The van der Waals surface area contributed by atoms with Crippen molar-refractivity contribution in [1.82, 2.24) is 14.3 Å². The predicted octanol–water partition coefficient (Wildman–Crippen LogP) is 5.05. The molecule has 3 heterocycles. The molecule has 162 valence electrons. The fourth-order valence-electron chi connectivity index (χ4n) is 3.80. The molecule has 0 spiro atoms. The molecule has 1 aliphatic heterocycles. The van der Waals surface area contributed by atoms with E-state index in [4.69, 9.17) is 4.74 Å². The number of ether oxygens (including phenoxy) is 1. The van der Waals surface area contributed by atoms with Crippen molar-refractivity contribution in [3.63, 3.8) is 0 Å². The van der Waals surface area contributed by atoms with Crippen molar-refractivity contribution in [3.05, 3.63) is 89.9 Å². The first kappa shape index (κ1) is 20.1. The third-order valence-electron chi connectivity index (χ3n) is 5.43. The molecule has 32 heavy (non-hydrogen) atoms. The van der Waals surface area contributed by atoms with E-state index >= 15 is 0 Å². The highest BCUT2D eigenvalue weighted by Crippen LogP contribution is 2.33. The van der Waals surface area contributed by atoms with Crippen LogP contribution >= 0.6 is 0 Å². The summed E-state index contributed by atoms with van der Waals surface area (Å²) < 4.78 is 46.2. The van der Waals surface area contributed by atoms with E-state index in [1.807, 2.05) is 35.0 Å². The molecular formula is C24H18F3N3O2. The smallest absolute Gasteiger partial charge is 0.416 e. The van der Waals surface area contributed by atoms with Crippen molar-refractivity contribution in [3.8, 4) is 16.9 Å². The minimum absolute atomic E-state index is 0.205. The number of benzene rings is 2. The molecule has 5 nitrogen and oxygen atoms in total. The van der Waals surface area contributed by atoms with Gasteiger partial charge in [0.15, 0.2) is 0 Å². The lowest BCUT2D eigenvalue weighted by Gasteiger charge is -2.18. The molecule has 5 rings (SSSR count). The van der Waals surface area contributed by atoms with Gasteiger partial charge in [0, 0.05) is 12.4 Å². The number of fused-ring (bicyclic) bond motifs is 2. The number of aromatic nitrogens is 2. The second-order valence-corrected chi connectivity index (χ2v) is 7.56. The number of amides is 1. The number of hydrogen-bond donors (Lipinski definition) is 0. The monoisotopic (exact) mass is 437 g/mol. The van der Waals surface area contributed by atoms with Crippen LogP contribution in [0.3, 0.4) is 0 Å². The first-order chi connectivity index (χ1) is 15.4. The highest BCUT2D eigenvalue weighted by molar-refractivity contribution is 5.98. The summed E-state index contributed by atoms with van der Waals surface area (Å²) in [4.78, 5) is 19.5. The summed E-state index contributed by atoms with van der Waals surface area (Å²) in [6.07, 6.45) is -0.618. The number of pyridine rings is 1. The first-order valence-corrected chi connectivity index (χ1v) is 10.0. The minimum Gasteiger partial charge on any atom is -0.491 e. The second-order valence-electron chi connectivity index (χ2n) is 7.56. The lowest BCUT2D eigenvalue weighted by Crippen LogP contribution is -2.32. The quantitative estimate of drug-likeness (QED) is 0.450. The Balaban J connectivity index is 1.43. The SMILES string of the molecule is O=C1c2cc(-c3ccc(C(F)(F)F)cc3)ccc2OCCN1Cc1cn2ccccc2n1. The number of hydrogen-bond acceptors (Lipinski definition) is 3. The molecule has 0 fully saturated rings. The van der Waals surface area contributed by atoms with Crippen molar-refractivity contribution < 1.29 is 22.7 Å². The number of rotatable bonds is 3. The average Bonchev–Trinajstić information content (AvgIpc) is 3.13. The lowest BCUT2D eigenvalue weighted by molar-refractivity contribution is -0.137. The van der Waals surface area contributed by atoms with Gasteiger partial charge in [-0.15, -0.1) is 0 Å². The zero-order valence-corrected chi connectivity index (χ0v) is 16.8. The van der Waals surface area contributed by atoms with E-state index in [2.05, 4.69) is 4.98 Å². The standard InChI is InChI=1S/C24H18F3N3O2/c25-24(26,27)18-7-4-16(5-8-18)17-6-9-21-20(13-17)23(31)30(11-12-32-21)15-19-14-29-10-2-1-3-22(29)28-19/h1-10,13-14H,11-12,15H2. The highest BCUT2D eigenvalue weighted by atomic mass is 19.4. The largest absolute Gasteiger partial charge is 0.491 e. The molecule has 0 unspecified atom stereocenters. The summed E-state index contributed by atoms with van der Waals surface area (Å²) in [6, 6.07) is 15.7. The zero-order chi connectivity index (χ0) is 22.3. The van der Waals surface area contributed by atoms with Crippen LogP contribution in [-0.2, 0) is 12.7 Å². The van der Waals surface area contributed by atoms with Crippen molar-refractivity contribution in [2.24, 2.45) is 0 Å². The zero-order valence-electron chi connectivity index (χ0n) is 16.8. The summed E-state index contributed by atoms with van der Waals surface area (Å²) >= 11 is 0. The van der Waals surface area contributed by atoms with Gasteiger partial charge >= 0.3 is 6.18 Å². The van der Waals surface area contributed by atoms with Crippen LogP contribution < -0.4 is 4.74 Å². The molecule has 2 aromatic carbocycles. The van der Waals surface area contributed by atoms with Crippen LogP contribution in [0.4, 0.5) is 13.2 Å². The molecule has 0 saturated carbocycles. The summed E-state index contributed by atoms with van der Waals surface area (Å²) in [7, 11) is 0. The van der Waals surface area contributed by atoms with E-state index in [0.717, 1.165) is 23.5 Å². The topological polar surface area (TPSA) is 46.8 Å². The Labute approximate surface area is 181 Å². The fourth-order valence-corrected chi connectivity index (χ4v) is 3.80. The number of halogens is 3. The van der Waals surface area contributed by atoms with Crippen LogP contribution in [0.25, 0.3) is 16.8 Å². The number of carbonyl (C=O) groups is 1. The van der Waals surface area contributed by atoms with E-state index in [0.29, 0.717) is 42.1 Å². The van der Waals surface area contributed by atoms with Gasteiger partial charge in [-0.3, -0.25) is 4.79 Å². The Morgan fingerprint density at radius 3 is 2.53 bits per heavy atom. The predicted molar refractivity (Wildman–Crippen MR) is 112 cm³/mol. The number of imidazole rings is 1. The van der Waals surface area contributed by atoms with Gasteiger partial charge in [0.2, 0.25) is 0 Å². The van der Waals surface area contributed by atoms with Crippen molar-refractivity contribution in [2.75, 3.05) is 13.2 Å². The van der Waals surface area contributed by atoms with E-state index in [1.54, 1.807) is 23.1 Å². The Morgan fingerprint density at radius 1 is 1.00 bits per heavy atom. The maximum absolute atomic E-state index is 13.3. The molecule has 1 aliphatic rings. The average molecular weight is 437 g/mol. The van der Waals surface area contributed by atoms with E-state index in [1.165, 1.54) is 12.1 Å². The Kier molecular flexibility index (Phi) is 4.84. The third kappa shape index (κ3) is 3.79. The maximum Gasteiger partial charge on any atom is 0.416 e. The van der Waals surface area contributed by atoms with Gasteiger partial charge in [0.1, 0.15) is 18.0 Å². The van der Waals surface area contributed by atoms with Gasteiger partial charge in [0.05, 0.1) is 29.9 Å². The van der Waals surface area contributed by atoms with Crippen LogP contribution in [0.1, 0.15) is 21.6 Å². The van der Waals surface area contributed by atoms with Gasteiger partial charge < -0.3 is 14.0 Å². The molecule has 0 radical (unpaired) electrons. The van der Waals surface area contributed by atoms with Crippen molar-refractivity contribution in [1.29, 1.82) is 0 Å². The van der Waals surface area contributed by atoms with Crippen LogP contribution in [0.5, 0.6) is 5.75 Å². The van der Waals surface area contributed by atoms with E-state index in [-0.39, 0.29) is 5.91 Å². The molecular weight excluding hydrogens is 419 g/mol. The molecule has 0 N–H and O–H groups in total. The van der Waals surface area contributed by atoms with Crippen LogP contribution in [-0.4, -0.2) is 33.3 Å². The number of alkyl halides is 3.